The Morgan fingerprint density at radius 1 is 1.17 bits per heavy atom. The second-order valence-corrected chi connectivity index (χ2v) is 6.40. The Kier molecular flexibility index (Phi) is 4.72. The Hall–Kier alpha value is -3.76. The van der Waals surface area contributed by atoms with E-state index in [0.717, 1.165) is 17.5 Å². The largest absolute Gasteiger partial charge is 0.317 e. The van der Waals surface area contributed by atoms with Gasteiger partial charge in [0.25, 0.3) is 5.91 Å². The van der Waals surface area contributed by atoms with Crippen LogP contribution >= 0.6 is 0 Å². The van der Waals surface area contributed by atoms with Crippen molar-refractivity contribution in [2.24, 2.45) is 0 Å². The molecular formula is C19H14F4N6O. The molecule has 1 amide bonds. The van der Waals surface area contributed by atoms with E-state index in [1.54, 1.807) is 10.7 Å². The van der Waals surface area contributed by atoms with Gasteiger partial charge in [0.05, 0.1) is 17.6 Å². The first kappa shape index (κ1) is 19.6. The monoisotopic (exact) mass is 418 g/mol. The van der Waals surface area contributed by atoms with E-state index in [1.807, 2.05) is 25.4 Å². The lowest BCUT2D eigenvalue weighted by atomic mass is 10.2. The van der Waals surface area contributed by atoms with E-state index in [0.29, 0.717) is 12.2 Å². The summed E-state index contributed by atoms with van der Waals surface area (Å²) >= 11 is 0. The van der Waals surface area contributed by atoms with Gasteiger partial charge in [0.1, 0.15) is 11.3 Å². The Balaban J connectivity index is 1.77. The summed E-state index contributed by atoms with van der Waals surface area (Å²) in [5.74, 6) is -7.72. The molecule has 3 aromatic heterocycles. The van der Waals surface area contributed by atoms with Crippen molar-refractivity contribution in [2.75, 3.05) is 5.32 Å². The predicted octanol–water partition coefficient (Wildman–Crippen LogP) is 3.73. The maximum atomic E-state index is 13.9. The van der Waals surface area contributed by atoms with Crippen molar-refractivity contribution in [2.45, 2.75) is 20.4 Å². The summed E-state index contributed by atoms with van der Waals surface area (Å²) in [7, 11) is 0. The van der Waals surface area contributed by atoms with Crippen LogP contribution < -0.4 is 5.32 Å². The highest BCUT2D eigenvalue weighted by Gasteiger charge is 2.24. The number of hydrogen-bond donors (Lipinski definition) is 1. The Morgan fingerprint density at radius 3 is 2.50 bits per heavy atom. The van der Waals surface area contributed by atoms with Crippen LogP contribution in [0.1, 0.15) is 23.0 Å². The maximum Gasteiger partial charge on any atom is 0.261 e. The van der Waals surface area contributed by atoms with Gasteiger partial charge in [0.15, 0.2) is 28.9 Å². The zero-order valence-electron chi connectivity index (χ0n) is 15.8. The zero-order valence-corrected chi connectivity index (χ0v) is 15.8. The first-order valence-corrected chi connectivity index (χ1v) is 8.83. The van der Waals surface area contributed by atoms with Gasteiger partial charge >= 0.3 is 0 Å². The third-order valence-corrected chi connectivity index (χ3v) is 4.54. The molecule has 0 radical (unpaired) electrons. The molecule has 0 atom stereocenters. The molecule has 1 N–H and O–H groups in total. The van der Waals surface area contributed by atoms with Gasteiger partial charge in [-0.1, -0.05) is 0 Å². The molecule has 4 rings (SSSR count). The molecule has 0 spiro atoms. The molecule has 30 heavy (non-hydrogen) atoms. The number of amides is 1. The van der Waals surface area contributed by atoms with Crippen LogP contribution in [0.25, 0.3) is 16.9 Å². The van der Waals surface area contributed by atoms with Crippen LogP contribution in [-0.4, -0.2) is 30.3 Å². The third kappa shape index (κ3) is 3.08. The number of aryl methyl sites for hydroxylation is 2. The number of rotatable bonds is 4. The minimum Gasteiger partial charge on any atom is -0.317 e. The van der Waals surface area contributed by atoms with Crippen LogP contribution in [0.4, 0.5) is 23.2 Å². The lowest BCUT2D eigenvalue weighted by Gasteiger charge is -2.08. The van der Waals surface area contributed by atoms with E-state index < -0.39 is 34.9 Å². The number of benzene rings is 1. The van der Waals surface area contributed by atoms with Crippen molar-refractivity contribution >= 4 is 17.2 Å². The van der Waals surface area contributed by atoms with E-state index in [9.17, 15) is 22.4 Å². The molecule has 0 aliphatic carbocycles. The first-order chi connectivity index (χ1) is 14.3. The number of anilines is 1. The van der Waals surface area contributed by atoms with Gasteiger partial charge in [-0.3, -0.25) is 9.48 Å². The fourth-order valence-electron chi connectivity index (χ4n) is 3.05. The van der Waals surface area contributed by atoms with Crippen LogP contribution in [0.5, 0.6) is 0 Å². The second-order valence-electron chi connectivity index (χ2n) is 6.40. The molecule has 0 fully saturated rings. The standard InChI is InChI=1S/C19H14F4N6O/c1-3-28-8-11(9(2)27-28)14-4-5-24-18-10(7-25-29(14)18)19(30)26-17-15(22)12(20)6-13(21)16(17)23/h4-8H,3H2,1-2H3,(H,26,30). The average molecular weight is 418 g/mol. The maximum absolute atomic E-state index is 13.9. The lowest BCUT2D eigenvalue weighted by molar-refractivity contribution is 0.102. The molecule has 0 aliphatic heterocycles. The van der Waals surface area contributed by atoms with Crippen molar-refractivity contribution in [3.05, 3.63) is 65.2 Å². The quantitative estimate of drug-likeness (QED) is 0.405. The number of carbonyl (C=O) groups is 1. The summed E-state index contributed by atoms with van der Waals surface area (Å²) in [6.07, 6.45) is 4.40. The van der Waals surface area contributed by atoms with Crippen molar-refractivity contribution < 1.29 is 22.4 Å². The van der Waals surface area contributed by atoms with Gasteiger partial charge in [0.2, 0.25) is 0 Å². The molecule has 0 aliphatic rings. The van der Waals surface area contributed by atoms with E-state index in [4.69, 9.17) is 0 Å². The van der Waals surface area contributed by atoms with Crippen LogP contribution in [0.15, 0.2) is 30.7 Å². The third-order valence-electron chi connectivity index (χ3n) is 4.54. The average Bonchev–Trinajstić information content (AvgIpc) is 3.33. The van der Waals surface area contributed by atoms with Crippen molar-refractivity contribution in [3.8, 4) is 11.3 Å². The number of carbonyl (C=O) groups excluding carboxylic acids is 1. The predicted molar refractivity (Wildman–Crippen MR) is 98.8 cm³/mol. The highest BCUT2D eigenvalue weighted by molar-refractivity contribution is 6.08. The fourth-order valence-corrected chi connectivity index (χ4v) is 3.05. The highest BCUT2D eigenvalue weighted by Crippen LogP contribution is 2.27. The lowest BCUT2D eigenvalue weighted by Crippen LogP contribution is -2.16. The molecule has 4 aromatic rings. The Morgan fingerprint density at radius 2 is 1.87 bits per heavy atom. The molecule has 3 heterocycles. The molecule has 1 aromatic carbocycles. The molecule has 7 nitrogen and oxygen atoms in total. The fraction of sp³-hybridized carbons (Fsp3) is 0.158. The summed E-state index contributed by atoms with van der Waals surface area (Å²) in [5, 5.41) is 10.4. The van der Waals surface area contributed by atoms with E-state index in [1.165, 1.54) is 10.7 Å². The second kappa shape index (κ2) is 7.25. The van der Waals surface area contributed by atoms with E-state index in [2.05, 4.69) is 15.2 Å². The Labute approximate surface area is 167 Å². The van der Waals surface area contributed by atoms with E-state index in [-0.39, 0.29) is 17.3 Å². The SMILES string of the molecule is CCn1cc(-c2ccnc3c(C(=O)Nc4c(F)c(F)cc(F)c4F)cnn23)c(C)n1. The number of hydrogen-bond acceptors (Lipinski definition) is 4. The summed E-state index contributed by atoms with van der Waals surface area (Å²) in [6.45, 7) is 4.40. The molecular weight excluding hydrogens is 404 g/mol. The van der Waals surface area contributed by atoms with Crippen LogP contribution in [-0.2, 0) is 6.54 Å². The number of fused-ring (bicyclic) bond motifs is 1. The van der Waals surface area contributed by atoms with Crippen LogP contribution in [0.3, 0.4) is 0 Å². The smallest absolute Gasteiger partial charge is 0.261 e. The topological polar surface area (TPSA) is 77.1 Å². The molecule has 0 bridgehead atoms. The zero-order chi connectivity index (χ0) is 21.6. The van der Waals surface area contributed by atoms with Crippen LogP contribution in [0.2, 0.25) is 0 Å². The highest BCUT2D eigenvalue weighted by atomic mass is 19.2. The summed E-state index contributed by atoms with van der Waals surface area (Å²) in [4.78, 5) is 16.7. The summed E-state index contributed by atoms with van der Waals surface area (Å²) < 4.78 is 57.7. The molecule has 11 heteroatoms. The number of nitrogens with one attached hydrogen (secondary N) is 1. The normalized spacial score (nSPS) is 11.3. The first-order valence-electron chi connectivity index (χ1n) is 8.83. The van der Waals surface area contributed by atoms with E-state index >= 15 is 0 Å². The number of nitrogens with zero attached hydrogens (tertiary/aromatic N) is 5. The van der Waals surface area contributed by atoms with Gasteiger partial charge in [-0.2, -0.15) is 10.2 Å². The van der Waals surface area contributed by atoms with Gasteiger partial charge < -0.3 is 5.32 Å². The minimum atomic E-state index is -1.71. The Bertz CT molecular complexity index is 1270. The molecule has 154 valence electrons. The van der Waals surface area contributed by atoms with Crippen LogP contribution in [0, 0.1) is 30.2 Å². The number of halogens is 4. The van der Waals surface area contributed by atoms with Gasteiger partial charge in [0, 0.05) is 30.6 Å². The van der Waals surface area contributed by atoms with Gasteiger partial charge in [-0.05, 0) is 19.9 Å². The van der Waals surface area contributed by atoms with Gasteiger partial charge in [-0.15, -0.1) is 0 Å². The summed E-state index contributed by atoms with van der Waals surface area (Å²) in [5.41, 5.74) is 0.791. The van der Waals surface area contributed by atoms with Crippen molar-refractivity contribution in [1.29, 1.82) is 0 Å². The molecule has 0 saturated carbocycles. The van der Waals surface area contributed by atoms with Crippen molar-refractivity contribution in [1.82, 2.24) is 24.4 Å². The van der Waals surface area contributed by atoms with Crippen molar-refractivity contribution in [3.63, 3.8) is 0 Å². The van der Waals surface area contributed by atoms with Gasteiger partial charge in [-0.25, -0.2) is 27.1 Å². The summed E-state index contributed by atoms with van der Waals surface area (Å²) in [6, 6.07) is 1.73. The molecule has 0 unspecified atom stereocenters. The minimum absolute atomic E-state index is 0.0578. The molecule has 0 saturated heterocycles. The number of aromatic nitrogens is 5.